The zero-order chi connectivity index (χ0) is 85.2. The number of nitrogens with zero attached hydrogens (tertiary/aromatic N) is 3. The van der Waals surface area contributed by atoms with E-state index in [4.69, 9.17) is 28.4 Å². The average molecular weight is 1600 g/mol. The topological polar surface area (TPSA) is 70.2 Å². The number of benzene rings is 13. The molecule has 0 saturated carbocycles. The van der Waals surface area contributed by atoms with Crippen molar-refractivity contribution in [2.45, 2.75) is 209 Å². The first-order valence-electron chi connectivity index (χ1n) is 44.0. The monoisotopic (exact) mass is 1600 g/mol. The fourth-order valence-corrected chi connectivity index (χ4v) is 20.5. The van der Waals surface area contributed by atoms with E-state index in [-0.39, 0.29) is 56.7 Å². The highest BCUT2D eigenvalue weighted by Gasteiger charge is 2.50. The quantitative estimate of drug-likeness (QED) is 0.164. The van der Waals surface area contributed by atoms with Gasteiger partial charge in [0.2, 0.25) is 0 Å². The molecule has 0 aliphatic carbocycles. The van der Waals surface area contributed by atoms with Gasteiger partial charge in [-0.25, -0.2) is 0 Å². The van der Waals surface area contributed by atoms with Crippen LogP contribution in [-0.4, -0.2) is 33.8 Å². The predicted octanol–water partition coefficient (Wildman–Crippen LogP) is 23.5. The fraction of sp³-hybridized carbons (Fsp3) is 0.291. The summed E-state index contributed by atoms with van der Waals surface area (Å²) in [5.41, 5.74) is 28.1. The van der Waals surface area contributed by atoms with Crippen LogP contribution in [-0.2, 0) is 43.3 Å². The van der Waals surface area contributed by atoms with Crippen molar-refractivity contribution in [3.63, 3.8) is 0 Å². The summed E-state index contributed by atoms with van der Waals surface area (Å²) in [5.74, 6) is 8.96. The van der Waals surface area contributed by atoms with E-state index in [9.17, 15) is 0 Å². The summed E-state index contributed by atoms with van der Waals surface area (Å²) < 4.78 is 53.0. The van der Waals surface area contributed by atoms with Crippen LogP contribution in [0.25, 0.3) is 82.5 Å². The highest BCUT2D eigenvalue weighted by atomic mass is 16.5. The van der Waals surface area contributed by atoms with E-state index in [2.05, 4.69) is 386 Å². The van der Waals surface area contributed by atoms with Gasteiger partial charge >= 0.3 is 0 Å². The maximum absolute atomic E-state index is 7.78. The van der Waals surface area contributed by atoms with E-state index >= 15 is 0 Å². The second kappa shape index (κ2) is 25.0. The SMILES string of the molecule is CC(C)(C)c1ccc2c(c1)B1c3cc4c(cc3Oc3cc(-n5c6ccc(C(C)(C)C)cc6c6cc(C(C)(C)C)ccc65)cc(c31)O2)Oc1cc(-n2c3ccc(C(C)(C)C)cc3c3cc(C(C)(C)C)ccc32)cc2c1B4c1cc3c(cc1O2)Oc1cc(-n2c4ccc(C(C)(C)C)cc4c4cc(C(C)(C)C)ccc42)cc2c1B3c1cc(C(C)(C)C)ccc1O2. The van der Waals surface area contributed by atoms with Gasteiger partial charge in [-0.2, -0.15) is 0 Å². The van der Waals surface area contributed by atoms with Crippen molar-refractivity contribution >= 4 is 135 Å². The van der Waals surface area contributed by atoms with E-state index in [0.29, 0.717) is 23.0 Å². The Hall–Kier alpha value is -11.7. The van der Waals surface area contributed by atoms with Crippen molar-refractivity contribution in [3.8, 4) is 86.1 Å². The first-order valence-corrected chi connectivity index (χ1v) is 44.0. The normalized spacial score (nSPS) is 14.6. The Kier molecular flexibility index (Phi) is 15.7. The van der Waals surface area contributed by atoms with Gasteiger partial charge in [-0.05, 0) is 206 Å². The Morgan fingerprint density at radius 1 is 0.172 bits per heavy atom. The molecule has 0 saturated heterocycles. The van der Waals surface area contributed by atoms with Crippen LogP contribution < -0.4 is 77.6 Å². The average Bonchev–Trinajstić information content (AvgIpc) is 0.846. The molecule has 9 nitrogen and oxygen atoms in total. The highest BCUT2D eigenvalue weighted by molar-refractivity contribution is 7.02. The van der Waals surface area contributed by atoms with Crippen LogP contribution >= 0.6 is 0 Å². The molecule has 0 atom stereocenters. The second-order valence-electron chi connectivity index (χ2n) is 44.2. The van der Waals surface area contributed by atoms with E-state index in [1.165, 1.54) is 76.8 Å². The lowest BCUT2D eigenvalue weighted by Gasteiger charge is -2.38. The molecule has 0 unspecified atom stereocenters. The second-order valence-corrected chi connectivity index (χ2v) is 44.2. The molecule has 0 spiro atoms. The van der Waals surface area contributed by atoms with Crippen LogP contribution in [0.15, 0.2) is 206 Å². The Labute approximate surface area is 718 Å². The van der Waals surface area contributed by atoms with Gasteiger partial charge in [-0.15, -0.1) is 0 Å². The predicted molar refractivity (Wildman–Crippen MR) is 512 cm³/mol. The molecule has 0 bridgehead atoms. The largest absolute Gasteiger partial charge is 0.458 e. The van der Waals surface area contributed by atoms with Crippen LogP contribution in [0.5, 0.6) is 69.0 Å². The number of hydrogen-bond acceptors (Lipinski definition) is 6. The molecule has 0 fully saturated rings. The summed E-state index contributed by atoms with van der Waals surface area (Å²) in [6.45, 7) is 54.2. The fourth-order valence-electron chi connectivity index (χ4n) is 20.5. The zero-order valence-corrected chi connectivity index (χ0v) is 75.2. The smallest absolute Gasteiger partial charge is 0.260 e. The van der Waals surface area contributed by atoms with Crippen LogP contribution in [0, 0.1) is 0 Å². The number of aromatic nitrogens is 3. The minimum atomic E-state index is -0.410. The van der Waals surface area contributed by atoms with Crippen molar-refractivity contribution in [1.29, 1.82) is 0 Å². The van der Waals surface area contributed by atoms with E-state index in [0.717, 1.165) is 145 Å². The molecule has 0 amide bonds. The third-order valence-electron chi connectivity index (χ3n) is 27.6. The summed E-state index contributed by atoms with van der Waals surface area (Å²) in [6, 6.07) is 78.8. The summed E-state index contributed by atoms with van der Waals surface area (Å²) in [7, 11) is 0. The molecule has 13 aromatic carbocycles. The van der Waals surface area contributed by atoms with Gasteiger partial charge in [0.1, 0.15) is 69.0 Å². The number of fused-ring (bicyclic) bond motifs is 21. The molecular weight excluding hydrogens is 1490 g/mol. The minimum Gasteiger partial charge on any atom is -0.458 e. The Morgan fingerprint density at radius 2 is 0.344 bits per heavy atom. The molecule has 16 aromatic rings. The van der Waals surface area contributed by atoms with Gasteiger partial charge in [-0.1, -0.05) is 239 Å². The number of rotatable bonds is 3. The van der Waals surface area contributed by atoms with Gasteiger partial charge in [0.15, 0.2) is 0 Å². The Morgan fingerprint density at radius 3 is 0.541 bits per heavy atom. The van der Waals surface area contributed by atoms with E-state index in [1.54, 1.807) is 0 Å². The molecule has 9 heterocycles. The lowest BCUT2D eigenvalue weighted by atomic mass is 9.30. The number of hydrogen-bond donors (Lipinski definition) is 0. The van der Waals surface area contributed by atoms with Crippen molar-refractivity contribution in [1.82, 2.24) is 13.7 Å². The van der Waals surface area contributed by atoms with E-state index in [1.807, 2.05) is 0 Å². The van der Waals surface area contributed by atoms with Crippen molar-refractivity contribution < 1.29 is 28.4 Å². The third-order valence-corrected chi connectivity index (χ3v) is 27.6. The van der Waals surface area contributed by atoms with Crippen LogP contribution in [0.3, 0.4) is 0 Å². The Bertz CT molecular complexity index is 6800. The van der Waals surface area contributed by atoms with Gasteiger partial charge in [0.05, 0.1) is 50.2 Å². The van der Waals surface area contributed by atoms with Gasteiger partial charge in [-0.3, -0.25) is 0 Å². The molecule has 6 aliphatic rings. The Balaban J connectivity index is 0.775. The van der Waals surface area contributed by atoms with Gasteiger partial charge < -0.3 is 42.1 Å². The lowest BCUT2D eigenvalue weighted by molar-refractivity contribution is 0.448. The van der Waals surface area contributed by atoms with Gasteiger partial charge in [0.25, 0.3) is 20.1 Å². The molecular formula is C110H106B3N3O6. The summed E-state index contributed by atoms with van der Waals surface area (Å²) in [4.78, 5) is 0. The first kappa shape index (κ1) is 76.4. The summed E-state index contributed by atoms with van der Waals surface area (Å²) in [6.07, 6.45) is 0. The van der Waals surface area contributed by atoms with Crippen molar-refractivity contribution in [2.75, 3.05) is 0 Å². The molecule has 3 aromatic heterocycles. The molecule has 0 radical (unpaired) electrons. The molecule has 12 heteroatoms. The highest BCUT2D eigenvalue weighted by Crippen LogP contribution is 2.50. The molecule has 606 valence electrons. The van der Waals surface area contributed by atoms with E-state index < -0.39 is 6.71 Å². The maximum atomic E-state index is 7.78. The number of ether oxygens (including phenoxy) is 6. The van der Waals surface area contributed by atoms with Crippen LogP contribution in [0.2, 0.25) is 0 Å². The standard InChI is InChI=1S/C110H106B3N3O6/c1-103(2,3)59-25-33-82-70(41-59)71-42-60(104(4,5)6)26-34-83(71)114(82)67-49-94-100-96(51-67)119-90-57-92-80(55-78(90)111(100)76-47-65(109(19,20)21)31-39-88(76)117-94)113-81-56-79-91(58-93(81)122-99-54-69(53-98(121-92)102(99)113)116-86-37-29-63(107(13,14)15)45-74(86)75-46-64(108(16,17)18)30-38-87(75)116)120-97-52-68(50-95-101(97)112(79)77-48-66(110(22,23)24)32-40-89(77)118-95)115-84-35-27-61(105(7,8)9)43-72(84)73-44-62(106(10,11)12)28-36-85(73)115/h25-58H,1-24H3. The van der Waals surface area contributed by atoms with Crippen molar-refractivity contribution in [2.24, 2.45) is 0 Å². The molecule has 0 N–H and O–H groups in total. The third kappa shape index (κ3) is 11.6. The summed E-state index contributed by atoms with van der Waals surface area (Å²) in [5, 5.41) is 7.26. The minimum absolute atomic E-state index is 0.0627. The maximum Gasteiger partial charge on any atom is 0.260 e. The zero-order valence-electron chi connectivity index (χ0n) is 75.2. The van der Waals surface area contributed by atoms with Crippen molar-refractivity contribution in [3.05, 3.63) is 251 Å². The molecule has 6 aliphatic heterocycles. The van der Waals surface area contributed by atoms with Crippen LogP contribution in [0.1, 0.15) is 211 Å². The van der Waals surface area contributed by atoms with Crippen LogP contribution in [0.4, 0.5) is 0 Å². The molecule has 22 rings (SSSR count). The summed E-state index contributed by atoms with van der Waals surface area (Å²) >= 11 is 0. The first-order chi connectivity index (χ1) is 57.4. The van der Waals surface area contributed by atoms with Gasteiger partial charge in [0, 0.05) is 97.2 Å². The lowest BCUT2D eigenvalue weighted by Crippen LogP contribution is -2.63. The molecule has 122 heavy (non-hydrogen) atoms.